The Bertz CT molecular complexity index is 664. The van der Waals surface area contributed by atoms with Crippen LogP contribution >= 0.6 is 0 Å². The van der Waals surface area contributed by atoms with E-state index in [1.165, 1.54) is 12.8 Å². The van der Waals surface area contributed by atoms with Crippen molar-refractivity contribution in [3.8, 4) is 0 Å². The van der Waals surface area contributed by atoms with Crippen LogP contribution in [-0.4, -0.2) is 46.9 Å². The van der Waals surface area contributed by atoms with Gasteiger partial charge < -0.3 is 19.9 Å². The molecule has 0 atom stereocenters. The number of amides is 2. The van der Waals surface area contributed by atoms with E-state index in [9.17, 15) is 19.2 Å². The zero-order valence-electron chi connectivity index (χ0n) is 17.3. The van der Waals surface area contributed by atoms with E-state index in [0.717, 1.165) is 51.4 Å². The van der Waals surface area contributed by atoms with Gasteiger partial charge in [0.05, 0.1) is 12.8 Å². The first-order valence-electron chi connectivity index (χ1n) is 11.1. The van der Waals surface area contributed by atoms with E-state index in [0.29, 0.717) is 5.06 Å². The number of hydrogen-bond acceptors (Lipinski definition) is 7. The van der Waals surface area contributed by atoms with E-state index in [1.54, 1.807) is 0 Å². The monoisotopic (exact) mass is 420 g/mol. The second-order valence-corrected chi connectivity index (χ2v) is 8.14. The standard InChI is InChI=1S/C21H30N3O6/c25-17-11-12-18(26)24(17)30-20(28)14-13-19(27)29-21(22-15-7-3-1-4-8-15)23-16-9-5-2-6-10-16/h15-16H,1-14H2/q-1. The van der Waals surface area contributed by atoms with Crippen molar-refractivity contribution in [1.82, 2.24) is 5.06 Å². The molecular formula is C21H30N3O6-. The number of rotatable bonds is 6. The molecule has 0 radical (unpaired) electrons. The van der Waals surface area contributed by atoms with Crippen molar-refractivity contribution in [2.24, 2.45) is 4.99 Å². The molecule has 2 amide bonds. The number of hydrogen-bond donors (Lipinski definition) is 0. The Morgan fingerprint density at radius 1 is 0.867 bits per heavy atom. The Kier molecular flexibility index (Phi) is 8.21. The molecule has 0 aromatic rings. The molecule has 30 heavy (non-hydrogen) atoms. The summed E-state index contributed by atoms with van der Waals surface area (Å²) in [7, 11) is 0. The predicted octanol–water partition coefficient (Wildman–Crippen LogP) is 3.31. The number of nitrogens with zero attached hydrogens (tertiary/aromatic N) is 3. The maximum atomic E-state index is 12.3. The van der Waals surface area contributed by atoms with Crippen molar-refractivity contribution in [2.45, 2.75) is 102 Å². The van der Waals surface area contributed by atoms with Crippen LogP contribution in [0.4, 0.5) is 0 Å². The summed E-state index contributed by atoms with van der Waals surface area (Å²) in [6, 6.07) is 0.356. The molecule has 2 saturated carbocycles. The predicted molar refractivity (Wildman–Crippen MR) is 107 cm³/mol. The minimum absolute atomic E-state index is 0.0256. The van der Waals surface area contributed by atoms with Crippen molar-refractivity contribution in [2.75, 3.05) is 0 Å². The number of aliphatic imine (C=N–C) groups is 1. The lowest BCUT2D eigenvalue weighted by atomic mass is 9.95. The van der Waals surface area contributed by atoms with E-state index in [-0.39, 0.29) is 43.8 Å². The highest BCUT2D eigenvalue weighted by Gasteiger charge is 2.32. The molecule has 1 heterocycles. The van der Waals surface area contributed by atoms with Gasteiger partial charge in [0.15, 0.2) is 0 Å². The largest absolute Gasteiger partial charge is 0.435 e. The van der Waals surface area contributed by atoms with Gasteiger partial charge in [-0.15, -0.1) is 5.06 Å². The fourth-order valence-electron chi connectivity index (χ4n) is 3.98. The van der Waals surface area contributed by atoms with Crippen molar-refractivity contribution in [3.05, 3.63) is 5.32 Å². The zero-order chi connectivity index (χ0) is 21.3. The van der Waals surface area contributed by atoms with Crippen molar-refractivity contribution >= 4 is 29.8 Å². The quantitative estimate of drug-likeness (QED) is 0.282. The number of imide groups is 1. The average molecular weight is 420 g/mol. The molecule has 3 fully saturated rings. The number of carbonyl (C=O) groups is 4. The lowest BCUT2D eigenvalue weighted by Gasteiger charge is -2.32. The summed E-state index contributed by atoms with van der Waals surface area (Å²) in [4.78, 5) is 56.5. The van der Waals surface area contributed by atoms with Gasteiger partial charge in [0.1, 0.15) is 6.02 Å². The molecule has 3 rings (SSSR count). The number of amidine groups is 1. The van der Waals surface area contributed by atoms with Crippen molar-refractivity contribution in [3.63, 3.8) is 0 Å². The second kappa shape index (κ2) is 11.1. The van der Waals surface area contributed by atoms with Gasteiger partial charge in [-0.3, -0.25) is 14.4 Å². The van der Waals surface area contributed by atoms with Crippen LogP contribution in [0.25, 0.3) is 5.32 Å². The van der Waals surface area contributed by atoms with Crippen LogP contribution in [0.3, 0.4) is 0 Å². The summed E-state index contributed by atoms with van der Waals surface area (Å²) in [5.41, 5.74) is 0. The van der Waals surface area contributed by atoms with Crippen LogP contribution in [0.1, 0.15) is 89.9 Å². The normalized spacial score (nSPS) is 21.6. The Morgan fingerprint density at radius 3 is 2.07 bits per heavy atom. The molecule has 1 aliphatic heterocycles. The number of esters is 1. The first kappa shape index (κ1) is 22.2. The van der Waals surface area contributed by atoms with Crippen LogP contribution in [0.15, 0.2) is 4.99 Å². The number of ether oxygens (including phenoxy) is 1. The number of hydroxylamine groups is 2. The van der Waals surface area contributed by atoms with Gasteiger partial charge in [0.25, 0.3) is 11.8 Å². The van der Waals surface area contributed by atoms with Gasteiger partial charge in [-0.2, -0.15) is 0 Å². The van der Waals surface area contributed by atoms with E-state index in [4.69, 9.17) is 9.57 Å². The van der Waals surface area contributed by atoms with Crippen LogP contribution in [-0.2, 0) is 28.8 Å². The SMILES string of the molecule is O=C(CCC(=O)ON1C(=O)CCC1=O)OC(=NC1CCCCC1)[N-]C1CCCCC1. The van der Waals surface area contributed by atoms with Gasteiger partial charge in [-0.1, -0.05) is 64.2 Å². The first-order valence-corrected chi connectivity index (χ1v) is 11.1. The first-order chi connectivity index (χ1) is 14.5. The molecule has 0 N–H and O–H groups in total. The third kappa shape index (κ3) is 6.81. The van der Waals surface area contributed by atoms with Crippen LogP contribution in [0, 0.1) is 0 Å². The maximum absolute atomic E-state index is 12.3. The Morgan fingerprint density at radius 2 is 1.43 bits per heavy atom. The van der Waals surface area contributed by atoms with E-state index in [2.05, 4.69) is 10.3 Å². The highest BCUT2D eigenvalue weighted by Crippen LogP contribution is 2.26. The summed E-state index contributed by atoms with van der Waals surface area (Å²) in [5, 5.41) is 5.07. The molecule has 9 heteroatoms. The van der Waals surface area contributed by atoms with E-state index in [1.807, 2.05) is 0 Å². The number of carbonyl (C=O) groups excluding carboxylic acids is 4. The lowest BCUT2D eigenvalue weighted by molar-refractivity contribution is -0.197. The molecule has 1 saturated heterocycles. The van der Waals surface area contributed by atoms with Crippen LogP contribution < -0.4 is 0 Å². The minimum Gasteiger partial charge on any atom is -0.435 e. The summed E-state index contributed by atoms with van der Waals surface area (Å²) < 4.78 is 5.41. The summed E-state index contributed by atoms with van der Waals surface area (Å²) in [5.74, 6) is -2.56. The van der Waals surface area contributed by atoms with Crippen LogP contribution in [0.5, 0.6) is 0 Å². The molecule has 0 aromatic heterocycles. The fraction of sp³-hybridized carbons (Fsp3) is 0.762. The Hall–Kier alpha value is -2.45. The van der Waals surface area contributed by atoms with Crippen molar-refractivity contribution < 1.29 is 28.8 Å². The Balaban J connectivity index is 1.50. The van der Waals surface area contributed by atoms with Crippen LogP contribution in [0.2, 0.25) is 0 Å². The van der Waals surface area contributed by atoms with Gasteiger partial charge >= 0.3 is 11.9 Å². The second-order valence-electron chi connectivity index (χ2n) is 8.14. The molecular weight excluding hydrogens is 390 g/mol. The molecule has 3 aliphatic rings. The maximum Gasteiger partial charge on any atom is 0.333 e. The smallest absolute Gasteiger partial charge is 0.333 e. The molecule has 2 aliphatic carbocycles. The summed E-state index contributed by atoms with van der Waals surface area (Å²) in [6.45, 7) is 0. The highest BCUT2D eigenvalue weighted by molar-refractivity contribution is 6.01. The Labute approximate surface area is 176 Å². The van der Waals surface area contributed by atoms with E-state index >= 15 is 0 Å². The summed E-state index contributed by atoms with van der Waals surface area (Å²) >= 11 is 0. The molecule has 0 aromatic carbocycles. The van der Waals surface area contributed by atoms with Gasteiger partial charge in [0.2, 0.25) is 0 Å². The molecule has 0 unspecified atom stereocenters. The van der Waals surface area contributed by atoms with Gasteiger partial charge in [0, 0.05) is 12.8 Å². The molecule has 9 nitrogen and oxygen atoms in total. The van der Waals surface area contributed by atoms with E-state index < -0.39 is 23.8 Å². The average Bonchev–Trinajstić information content (AvgIpc) is 3.06. The molecule has 0 bridgehead atoms. The van der Waals surface area contributed by atoms with Gasteiger partial charge in [-0.05, 0) is 12.1 Å². The zero-order valence-corrected chi connectivity index (χ0v) is 17.3. The third-order valence-corrected chi connectivity index (χ3v) is 5.67. The van der Waals surface area contributed by atoms with Gasteiger partial charge in [-0.25, -0.2) is 4.79 Å². The summed E-state index contributed by atoms with van der Waals surface area (Å²) in [6.07, 6.45) is 10.2. The highest BCUT2D eigenvalue weighted by atomic mass is 16.7. The van der Waals surface area contributed by atoms with Crippen molar-refractivity contribution in [1.29, 1.82) is 0 Å². The molecule has 166 valence electrons. The third-order valence-electron chi connectivity index (χ3n) is 5.67. The topological polar surface area (TPSA) is 116 Å². The molecule has 0 spiro atoms. The minimum atomic E-state index is -0.828. The lowest BCUT2D eigenvalue weighted by Crippen LogP contribution is -2.32. The fourth-order valence-corrected chi connectivity index (χ4v) is 3.98.